The lowest BCUT2D eigenvalue weighted by Gasteiger charge is -2.33. The minimum absolute atomic E-state index is 0.0166. The van der Waals surface area contributed by atoms with Crippen LogP contribution in [0.4, 0.5) is 5.69 Å². The molecule has 158 valence electrons. The Morgan fingerprint density at radius 1 is 1.20 bits per heavy atom. The van der Waals surface area contributed by atoms with Gasteiger partial charge in [-0.1, -0.05) is 30.4 Å². The molecule has 5 rings (SSSR count). The van der Waals surface area contributed by atoms with Crippen LogP contribution in [0.5, 0.6) is 0 Å². The molecule has 6 nitrogen and oxygen atoms in total. The maximum absolute atomic E-state index is 13.3. The number of amides is 1. The van der Waals surface area contributed by atoms with Crippen LogP contribution in [0.2, 0.25) is 0 Å². The number of rotatable bonds is 4. The zero-order valence-corrected chi connectivity index (χ0v) is 17.3. The smallest absolute Gasteiger partial charge is 0.337 e. The van der Waals surface area contributed by atoms with Crippen molar-refractivity contribution >= 4 is 17.6 Å². The van der Waals surface area contributed by atoms with Gasteiger partial charge in [0.1, 0.15) is 0 Å². The van der Waals surface area contributed by atoms with Crippen LogP contribution in [0, 0.1) is 5.92 Å². The normalized spacial score (nSPS) is 25.1. The van der Waals surface area contributed by atoms with E-state index in [0.717, 1.165) is 63.1 Å². The van der Waals surface area contributed by atoms with Crippen LogP contribution in [0.3, 0.4) is 0 Å². The molecule has 6 heteroatoms. The molecular weight excluding hydrogens is 380 g/mol. The van der Waals surface area contributed by atoms with Crippen molar-refractivity contribution < 1.29 is 19.1 Å². The standard InChI is InChI=1S/C24H28N2O4/c1-29-22(28)16-5-7-17(8-6-16)24(9-10-24)26-21(27)18-3-2-4-19-20(18)25-15-23(19)11-13-30-14-12-23/h2-7,17,25H,8-15H2,1H3,(H,26,27). The number of hydrogen-bond donors (Lipinski definition) is 2. The molecule has 2 fully saturated rings. The van der Waals surface area contributed by atoms with Crippen LogP contribution in [-0.2, 0) is 19.7 Å². The van der Waals surface area contributed by atoms with Crippen molar-refractivity contribution in [3.05, 3.63) is 53.1 Å². The third kappa shape index (κ3) is 3.14. The first-order chi connectivity index (χ1) is 14.6. The zero-order valence-electron chi connectivity index (χ0n) is 17.3. The molecule has 2 aliphatic heterocycles. The molecule has 0 aromatic heterocycles. The van der Waals surface area contributed by atoms with Gasteiger partial charge in [-0.3, -0.25) is 4.79 Å². The van der Waals surface area contributed by atoms with E-state index in [0.29, 0.717) is 5.57 Å². The van der Waals surface area contributed by atoms with Gasteiger partial charge in [-0.25, -0.2) is 4.79 Å². The molecule has 4 aliphatic rings. The second-order valence-electron chi connectivity index (χ2n) is 8.94. The van der Waals surface area contributed by atoms with E-state index < -0.39 is 0 Å². The first-order valence-electron chi connectivity index (χ1n) is 10.8. The Kier molecular flexibility index (Phi) is 4.69. The number of ether oxygens (including phenoxy) is 2. The molecule has 2 N–H and O–H groups in total. The lowest BCUT2D eigenvalue weighted by molar-refractivity contribution is -0.135. The fourth-order valence-electron chi connectivity index (χ4n) is 5.25. The van der Waals surface area contributed by atoms with Crippen LogP contribution in [0.25, 0.3) is 0 Å². The average molecular weight is 408 g/mol. The lowest BCUT2D eigenvalue weighted by Crippen LogP contribution is -2.42. The van der Waals surface area contributed by atoms with Crippen LogP contribution in [0.15, 0.2) is 42.0 Å². The third-order valence-electron chi connectivity index (χ3n) is 7.32. The van der Waals surface area contributed by atoms with Gasteiger partial charge in [-0.05, 0) is 43.7 Å². The maximum Gasteiger partial charge on any atom is 0.337 e. The predicted molar refractivity (Wildman–Crippen MR) is 113 cm³/mol. The molecule has 1 spiro atoms. The molecule has 0 bridgehead atoms. The lowest BCUT2D eigenvalue weighted by atomic mass is 9.75. The summed E-state index contributed by atoms with van der Waals surface area (Å²) in [5.74, 6) is -0.134. The van der Waals surface area contributed by atoms with E-state index in [1.54, 1.807) is 0 Å². The van der Waals surface area contributed by atoms with Gasteiger partial charge in [0.15, 0.2) is 0 Å². The fourth-order valence-corrected chi connectivity index (χ4v) is 5.25. The Hall–Kier alpha value is -2.60. The number of nitrogens with one attached hydrogen (secondary N) is 2. The fraction of sp³-hybridized carbons (Fsp3) is 0.500. The highest BCUT2D eigenvalue weighted by molar-refractivity contribution is 6.01. The average Bonchev–Trinajstić information content (AvgIpc) is 3.50. The molecule has 2 aliphatic carbocycles. The van der Waals surface area contributed by atoms with E-state index in [1.807, 2.05) is 30.4 Å². The molecule has 1 amide bonds. The van der Waals surface area contributed by atoms with E-state index in [2.05, 4.69) is 16.7 Å². The van der Waals surface area contributed by atoms with Crippen LogP contribution >= 0.6 is 0 Å². The van der Waals surface area contributed by atoms with E-state index in [9.17, 15) is 9.59 Å². The van der Waals surface area contributed by atoms with Crippen molar-refractivity contribution in [2.24, 2.45) is 5.92 Å². The Bertz CT molecular complexity index is 939. The van der Waals surface area contributed by atoms with Gasteiger partial charge in [-0.15, -0.1) is 0 Å². The van der Waals surface area contributed by atoms with Crippen molar-refractivity contribution in [1.82, 2.24) is 5.32 Å². The molecule has 30 heavy (non-hydrogen) atoms. The van der Waals surface area contributed by atoms with Gasteiger partial charge in [0.05, 0.1) is 23.9 Å². The molecule has 2 heterocycles. The number of esters is 1. The summed E-state index contributed by atoms with van der Waals surface area (Å²) in [5, 5.41) is 6.86. The van der Waals surface area contributed by atoms with Crippen molar-refractivity contribution in [1.29, 1.82) is 0 Å². The number of carbonyl (C=O) groups excluding carboxylic acids is 2. The second-order valence-corrected chi connectivity index (χ2v) is 8.94. The first kappa shape index (κ1) is 19.4. The largest absolute Gasteiger partial charge is 0.465 e. The van der Waals surface area contributed by atoms with Gasteiger partial charge >= 0.3 is 5.97 Å². The summed E-state index contributed by atoms with van der Waals surface area (Å²) in [7, 11) is 1.39. The molecule has 1 atom stereocenters. The number of carbonyl (C=O) groups is 2. The number of methoxy groups -OCH3 is 1. The van der Waals surface area contributed by atoms with Gasteiger partial charge in [0.25, 0.3) is 5.91 Å². The molecule has 0 radical (unpaired) electrons. The summed E-state index contributed by atoms with van der Waals surface area (Å²) < 4.78 is 10.4. The monoisotopic (exact) mass is 408 g/mol. The summed E-state index contributed by atoms with van der Waals surface area (Å²) in [6.45, 7) is 2.42. The second kappa shape index (κ2) is 7.27. The minimum atomic E-state index is -0.313. The molecule has 1 aromatic carbocycles. The van der Waals surface area contributed by atoms with E-state index >= 15 is 0 Å². The van der Waals surface area contributed by atoms with Crippen molar-refractivity contribution in [3.8, 4) is 0 Å². The van der Waals surface area contributed by atoms with E-state index in [4.69, 9.17) is 9.47 Å². The van der Waals surface area contributed by atoms with Crippen molar-refractivity contribution in [2.75, 3.05) is 32.2 Å². The van der Waals surface area contributed by atoms with Gasteiger partial charge in [0, 0.05) is 36.6 Å². The highest BCUT2D eigenvalue weighted by Gasteiger charge is 2.50. The Morgan fingerprint density at radius 3 is 2.67 bits per heavy atom. The Labute approximate surface area is 176 Å². The van der Waals surface area contributed by atoms with Gasteiger partial charge in [0.2, 0.25) is 0 Å². The predicted octanol–water partition coefficient (Wildman–Crippen LogP) is 3.10. The molecular formula is C24H28N2O4. The van der Waals surface area contributed by atoms with Crippen LogP contribution in [-0.4, -0.2) is 44.3 Å². The highest BCUT2D eigenvalue weighted by atomic mass is 16.5. The number of fused-ring (bicyclic) bond motifs is 2. The first-order valence-corrected chi connectivity index (χ1v) is 10.8. The minimum Gasteiger partial charge on any atom is -0.465 e. The van der Waals surface area contributed by atoms with E-state index in [-0.39, 0.29) is 28.7 Å². The van der Waals surface area contributed by atoms with E-state index in [1.165, 1.54) is 12.7 Å². The molecule has 1 aromatic rings. The molecule has 1 saturated heterocycles. The maximum atomic E-state index is 13.3. The number of anilines is 1. The summed E-state index contributed by atoms with van der Waals surface area (Å²) >= 11 is 0. The number of benzene rings is 1. The highest BCUT2D eigenvalue weighted by Crippen LogP contribution is 2.48. The topological polar surface area (TPSA) is 76.7 Å². The summed E-state index contributed by atoms with van der Waals surface area (Å²) in [6, 6.07) is 6.08. The summed E-state index contributed by atoms with van der Waals surface area (Å²) in [4.78, 5) is 25.0. The zero-order chi connectivity index (χ0) is 20.8. The number of para-hydroxylation sites is 1. The number of hydrogen-bond acceptors (Lipinski definition) is 5. The van der Waals surface area contributed by atoms with Gasteiger partial charge < -0.3 is 20.1 Å². The van der Waals surface area contributed by atoms with Crippen LogP contribution in [0.1, 0.15) is 48.0 Å². The number of allylic oxidation sites excluding steroid dienone is 1. The molecule has 1 saturated carbocycles. The summed E-state index contributed by atoms with van der Waals surface area (Å²) in [5.41, 5.74) is 3.42. The third-order valence-corrected chi connectivity index (χ3v) is 7.32. The SMILES string of the molecule is COC(=O)C1=CCC(C2(NC(=O)c3cccc4c3NCC43CCOCC3)CC2)C=C1. The Balaban J connectivity index is 1.33. The van der Waals surface area contributed by atoms with Crippen molar-refractivity contribution in [3.63, 3.8) is 0 Å². The Morgan fingerprint density at radius 2 is 2.00 bits per heavy atom. The molecule has 1 unspecified atom stereocenters. The quantitative estimate of drug-likeness (QED) is 0.749. The summed E-state index contributed by atoms with van der Waals surface area (Å²) in [6.07, 6.45) is 10.4. The van der Waals surface area contributed by atoms with Crippen molar-refractivity contribution in [2.45, 2.75) is 43.1 Å². The van der Waals surface area contributed by atoms with Gasteiger partial charge in [-0.2, -0.15) is 0 Å². The van der Waals surface area contributed by atoms with Crippen LogP contribution < -0.4 is 10.6 Å².